The number of aryl methyl sites for hydroxylation is 1. The lowest BCUT2D eigenvalue weighted by molar-refractivity contribution is 0.588. The van der Waals surface area contributed by atoms with Crippen molar-refractivity contribution in [3.05, 3.63) is 17.6 Å². The van der Waals surface area contributed by atoms with Gasteiger partial charge in [-0.25, -0.2) is 18.4 Å². The summed E-state index contributed by atoms with van der Waals surface area (Å²) in [6, 6.07) is 1.51. The minimum atomic E-state index is -3.34. The van der Waals surface area contributed by atoms with E-state index in [9.17, 15) is 8.42 Å². The van der Waals surface area contributed by atoms with E-state index in [2.05, 4.69) is 9.97 Å². The smallest absolute Gasteiger partial charge is 0.195 e. The maximum atomic E-state index is 12.0. The van der Waals surface area contributed by atoms with Crippen molar-refractivity contribution >= 4 is 21.4 Å². The predicted molar refractivity (Wildman–Crippen MR) is 68.2 cm³/mol. The van der Waals surface area contributed by atoms with Crippen molar-refractivity contribution in [2.75, 3.05) is 11.6 Å². The molecule has 96 valence electrons. The second kappa shape index (κ2) is 5.78. The summed E-state index contributed by atoms with van der Waals surface area (Å²) in [5.74, 6) is 1.04. The van der Waals surface area contributed by atoms with E-state index in [0.29, 0.717) is 23.8 Å². The molecule has 6 heteroatoms. The summed E-state index contributed by atoms with van der Waals surface area (Å²) in [6.07, 6.45) is 0.434. The van der Waals surface area contributed by atoms with Gasteiger partial charge in [-0.2, -0.15) is 0 Å². The quantitative estimate of drug-likeness (QED) is 0.612. The van der Waals surface area contributed by atoms with Gasteiger partial charge in [-0.05, 0) is 19.4 Å². The van der Waals surface area contributed by atoms with Gasteiger partial charge in [0.05, 0.1) is 5.75 Å². The Bertz CT molecular complexity index is 486. The number of hydrogen-bond donors (Lipinski definition) is 0. The SMILES string of the molecule is Cc1cc(S(=O)(=O)CCCCl)nc(C(C)C)n1. The van der Waals surface area contributed by atoms with E-state index >= 15 is 0 Å². The first-order chi connectivity index (χ1) is 7.86. The van der Waals surface area contributed by atoms with Gasteiger partial charge < -0.3 is 0 Å². The van der Waals surface area contributed by atoms with Crippen molar-refractivity contribution in [1.29, 1.82) is 0 Å². The Morgan fingerprint density at radius 3 is 2.53 bits per heavy atom. The van der Waals surface area contributed by atoms with E-state index in [1.54, 1.807) is 6.92 Å². The van der Waals surface area contributed by atoms with Crippen molar-refractivity contribution in [2.45, 2.75) is 38.1 Å². The molecule has 0 amide bonds. The van der Waals surface area contributed by atoms with Crippen molar-refractivity contribution in [3.8, 4) is 0 Å². The van der Waals surface area contributed by atoms with Gasteiger partial charge in [0.15, 0.2) is 14.9 Å². The molecule has 0 atom stereocenters. The van der Waals surface area contributed by atoms with Crippen LogP contribution in [0, 0.1) is 6.92 Å². The largest absolute Gasteiger partial charge is 0.238 e. The molecule has 4 nitrogen and oxygen atoms in total. The number of hydrogen-bond acceptors (Lipinski definition) is 4. The van der Waals surface area contributed by atoms with Crippen molar-refractivity contribution in [1.82, 2.24) is 9.97 Å². The molecule has 0 bridgehead atoms. The molecular weight excluding hydrogens is 260 g/mol. The fourth-order valence-electron chi connectivity index (χ4n) is 1.33. The van der Waals surface area contributed by atoms with Gasteiger partial charge in [-0.15, -0.1) is 11.6 Å². The fourth-order valence-corrected chi connectivity index (χ4v) is 2.94. The molecule has 0 saturated heterocycles. The first kappa shape index (κ1) is 14.4. The standard InChI is InChI=1S/C11H17ClN2O2S/c1-8(2)11-13-9(3)7-10(14-11)17(15,16)6-4-5-12/h7-8H,4-6H2,1-3H3. The van der Waals surface area contributed by atoms with E-state index in [0.717, 1.165) is 0 Å². The van der Waals surface area contributed by atoms with E-state index in [1.807, 2.05) is 13.8 Å². The molecule has 0 fully saturated rings. The number of sulfone groups is 1. The maximum absolute atomic E-state index is 12.0. The molecule has 0 saturated carbocycles. The Morgan fingerprint density at radius 1 is 1.35 bits per heavy atom. The van der Waals surface area contributed by atoms with Gasteiger partial charge in [-0.1, -0.05) is 13.8 Å². The highest BCUT2D eigenvalue weighted by Gasteiger charge is 2.18. The van der Waals surface area contributed by atoms with E-state index < -0.39 is 9.84 Å². The number of alkyl halides is 1. The van der Waals surface area contributed by atoms with Crippen LogP contribution >= 0.6 is 11.6 Å². The summed E-state index contributed by atoms with van der Waals surface area (Å²) >= 11 is 5.51. The highest BCUT2D eigenvalue weighted by molar-refractivity contribution is 7.91. The molecule has 17 heavy (non-hydrogen) atoms. The summed E-state index contributed by atoms with van der Waals surface area (Å²) in [4.78, 5) is 8.34. The van der Waals surface area contributed by atoms with Crippen molar-refractivity contribution in [3.63, 3.8) is 0 Å². The molecule has 0 aliphatic carbocycles. The molecular formula is C11H17ClN2O2S. The zero-order chi connectivity index (χ0) is 13.1. The molecule has 0 radical (unpaired) electrons. The number of aromatic nitrogens is 2. The lowest BCUT2D eigenvalue weighted by Gasteiger charge is -2.08. The van der Waals surface area contributed by atoms with Crippen LogP contribution in [-0.4, -0.2) is 30.0 Å². The summed E-state index contributed by atoms with van der Waals surface area (Å²) in [5, 5.41) is 0.110. The summed E-state index contributed by atoms with van der Waals surface area (Å²) in [7, 11) is -3.34. The second-order valence-electron chi connectivity index (χ2n) is 4.22. The monoisotopic (exact) mass is 276 g/mol. The van der Waals surface area contributed by atoms with Gasteiger partial charge in [0.2, 0.25) is 0 Å². The molecule has 1 aromatic heterocycles. The molecule has 0 aromatic carbocycles. The third-order valence-electron chi connectivity index (χ3n) is 2.23. The van der Waals surface area contributed by atoms with Crippen LogP contribution in [0.15, 0.2) is 11.1 Å². The minimum absolute atomic E-state index is 0.0322. The fraction of sp³-hybridized carbons (Fsp3) is 0.636. The highest BCUT2D eigenvalue weighted by atomic mass is 35.5. The van der Waals surface area contributed by atoms with Gasteiger partial charge in [0, 0.05) is 17.5 Å². The lowest BCUT2D eigenvalue weighted by atomic mass is 10.2. The van der Waals surface area contributed by atoms with Crippen LogP contribution in [-0.2, 0) is 9.84 Å². The van der Waals surface area contributed by atoms with E-state index in [4.69, 9.17) is 11.6 Å². The molecule has 1 heterocycles. The summed E-state index contributed by atoms with van der Waals surface area (Å²) in [5.41, 5.74) is 0.674. The Hall–Kier alpha value is -0.680. The van der Waals surface area contributed by atoms with Crippen molar-refractivity contribution < 1.29 is 8.42 Å². The van der Waals surface area contributed by atoms with Crippen LogP contribution < -0.4 is 0 Å². The Balaban J connectivity index is 3.13. The average Bonchev–Trinajstić information content (AvgIpc) is 2.25. The van der Waals surface area contributed by atoms with Crippen LogP contribution in [0.3, 0.4) is 0 Å². The van der Waals surface area contributed by atoms with Crippen LogP contribution in [0.5, 0.6) is 0 Å². The first-order valence-electron chi connectivity index (χ1n) is 5.51. The Kier molecular flexibility index (Phi) is 4.89. The normalized spacial score (nSPS) is 12.1. The summed E-state index contributed by atoms with van der Waals surface area (Å²) < 4.78 is 23.9. The molecule has 0 aliphatic rings. The van der Waals surface area contributed by atoms with Crippen molar-refractivity contribution in [2.24, 2.45) is 0 Å². The highest BCUT2D eigenvalue weighted by Crippen LogP contribution is 2.15. The Labute approximate surface area is 107 Å². The maximum Gasteiger partial charge on any atom is 0.195 e. The second-order valence-corrected chi connectivity index (χ2v) is 6.66. The molecule has 1 rings (SSSR count). The molecule has 0 unspecified atom stereocenters. The minimum Gasteiger partial charge on any atom is -0.238 e. The first-order valence-corrected chi connectivity index (χ1v) is 7.70. The zero-order valence-electron chi connectivity index (χ0n) is 10.3. The molecule has 0 N–H and O–H groups in total. The topological polar surface area (TPSA) is 59.9 Å². The lowest BCUT2D eigenvalue weighted by Crippen LogP contribution is -2.12. The number of nitrogens with zero attached hydrogens (tertiary/aromatic N) is 2. The predicted octanol–water partition coefficient (Wildman–Crippen LogP) is 2.31. The Morgan fingerprint density at radius 2 is 2.00 bits per heavy atom. The van der Waals surface area contributed by atoms with E-state index in [1.165, 1.54) is 6.07 Å². The van der Waals surface area contributed by atoms with Gasteiger partial charge >= 0.3 is 0 Å². The van der Waals surface area contributed by atoms with Crippen LogP contribution in [0.1, 0.15) is 37.7 Å². The van der Waals surface area contributed by atoms with Gasteiger partial charge in [0.25, 0.3) is 0 Å². The van der Waals surface area contributed by atoms with Crippen LogP contribution in [0.25, 0.3) is 0 Å². The van der Waals surface area contributed by atoms with Crippen LogP contribution in [0.2, 0.25) is 0 Å². The van der Waals surface area contributed by atoms with Crippen LogP contribution in [0.4, 0.5) is 0 Å². The van der Waals surface area contributed by atoms with Gasteiger partial charge in [-0.3, -0.25) is 0 Å². The third-order valence-corrected chi connectivity index (χ3v) is 4.17. The number of halogens is 1. The average molecular weight is 277 g/mol. The number of rotatable bonds is 5. The zero-order valence-corrected chi connectivity index (χ0v) is 11.8. The molecule has 0 spiro atoms. The van der Waals surface area contributed by atoms with E-state index in [-0.39, 0.29) is 16.7 Å². The molecule has 0 aliphatic heterocycles. The third kappa shape index (κ3) is 3.92. The summed E-state index contributed by atoms with van der Waals surface area (Å²) in [6.45, 7) is 5.64. The van der Waals surface area contributed by atoms with Gasteiger partial charge in [0.1, 0.15) is 5.82 Å². The molecule has 1 aromatic rings.